The van der Waals surface area contributed by atoms with Crippen LogP contribution in [-0.2, 0) is 0 Å². The van der Waals surface area contributed by atoms with Gasteiger partial charge in [0.05, 0.1) is 0 Å². The van der Waals surface area contributed by atoms with Crippen LogP contribution in [0.2, 0.25) is 0 Å². The lowest BCUT2D eigenvalue weighted by molar-refractivity contribution is 0.373. The molecule has 0 radical (unpaired) electrons. The molecule has 0 bridgehead atoms. The molecule has 5 heteroatoms. The smallest absolute Gasteiger partial charge is 0.194 e. The number of aliphatic imine (C=N–C) groups is 2. The fourth-order valence-corrected chi connectivity index (χ4v) is 2.13. The van der Waals surface area contributed by atoms with Crippen molar-refractivity contribution in [1.29, 1.82) is 0 Å². The Morgan fingerprint density at radius 3 is 2.50 bits per heavy atom. The van der Waals surface area contributed by atoms with Crippen LogP contribution in [0.3, 0.4) is 0 Å². The van der Waals surface area contributed by atoms with E-state index in [0.29, 0.717) is 0 Å². The summed E-state index contributed by atoms with van der Waals surface area (Å²) in [5.74, 6) is 1.86. The monoisotopic (exact) mass is 247 g/mol. The van der Waals surface area contributed by atoms with Gasteiger partial charge in [-0.2, -0.15) is 0 Å². The Morgan fingerprint density at radius 1 is 1.06 bits per heavy atom. The molecule has 0 saturated carbocycles. The summed E-state index contributed by atoms with van der Waals surface area (Å²) < 4.78 is 0. The van der Waals surface area contributed by atoms with Crippen LogP contribution in [0, 0.1) is 0 Å². The van der Waals surface area contributed by atoms with E-state index in [2.05, 4.69) is 26.0 Å². The summed E-state index contributed by atoms with van der Waals surface area (Å²) in [6, 6.07) is 0. The van der Waals surface area contributed by atoms with Crippen molar-refractivity contribution >= 4 is 12.4 Å². The Morgan fingerprint density at radius 2 is 1.78 bits per heavy atom. The van der Waals surface area contributed by atoms with Gasteiger partial charge in [0.1, 0.15) is 0 Å². The van der Waals surface area contributed by atoms with E-state index in [1.54, 1.807) is 12.4 Å². The van der Waals surface area contributed by atoms with E-state index in [1.807, 2.05) is 13.2 Å². The maximum absolute atomic E-state index is 5.49. The van der Waals surface area contributed by atoms with E-state index < -0.39 is 0 Å². The third-order valence-electron chi connectivity index (χ3n) is 3.09. The van der Waals surface area contributed by atoms with Crippen LogP contribution in [0.15, 0.2) is 34.0 Å². The van der Waals surface area contributed by atoms with Crippen molar-refractivity contribution in [3.05, 3.63) is 24.0 Å². The zero-order valence-corrected chi connectivity index (χ0v) is 10.9. The molecule has 2 N–H and O–H groups in total. The topological polar surface area (TPSA) is 57.2 Å². The normalized spacial score (nSPS) is 17.7. The van der Waals surface area contributed by atoms with E-state index in [4.69, 9.17) is 5.73 Å². The zero-order valence-electron chi connectivity index (χ0n) is 10.9. The van der Waals surface area contributed by atoms with Crippen molar-refractivity contribution < 1.29 is 0 Å². The number of nitrogens with two attached hydrogens (primary N) is 1. The molecule has 2 rings (SSSR count). The van der Waals surface area contributed by atoms with E-state index in [1.165, 1.54) is 19.3 Å². The van der Waals surface area contributed by atoms with Gasteiger partial charge in [-0.25, -0.2) is 9.98 Å². The molecule has 2 heterocycles. The second kappa shape index (κ2) is 6.35. The molecule has 0 aromatic rings. The van der Waals surface area contributed by atoms with Gasteiger partial charge in [-0.1, -0.05) is 12.8 Å². The zero-order chi connectivity index (χ0) is 12.8. The van der Waals surface area contributed by atoms with Gasteiger partial charge in [0.15, 0.2) is 11.6 Å². The van der Waals surface area contributed by atoms with Gasteiger partial charge >= 0.3 is 0 Å². The lowest BCUT2D eigenvalue weighted by atomic mass is 10.2. The number of hydrogen-bond acceptors (Lipinski definition) is 5. The highest BCUT2D eigenvalue weighted by Crippen LogP contribution is 2.24. The van der Waals surface area contributed by atoms with Crippen LogP contribution in [0.25, 0.3) is 0 Å². The van der Waals surface area contributed by atoms with E-state index >= 15 is 0 Å². The van der Waals surface area contributed by atoms with Gasteiger partial charge in [0, 0.05) is 38.4 Å². The average molecular weight is 247 g/mol. The largest absolute Gasteiger partial charge is 0.333 e. The standard InChI is InChI=1S/C13H21N5/c1-17-10-11-18(9-5-3-2-4-6-14)13(17)12-15-7-8-16-12/h7-8,10-11H,2-6,9,14H2,1H3. The quantitative estimate of drug-likeness (QED) is 0.724. The Kier molecular flexibility index (Phi) is 4.52. The lowest BCUT2D eigenvalue weighted by Gasteiger charge is -2.22. The molecule has 98 valence electrons. The van der Waals surface area contributed by atoms with Crippen LogP contribution in [-0.4, -0.2) is 42.4 Å². The molecule has 2 aliphatic rings. The van der Waals surface area contributed by atoms with Crippen molar-refractivity contribution in [2.75, 3.05) is 20.1 Å². The summed E-state index contributed by atoms with van der Waals surface area (Å²) in [5.41, 5.74) is 5.49. The Labute approximate surface area is 108 Å². The van der Waals surface area contributed by atoms with Gasteiger partial charge < -0.3 is 15.5 Å². The molecule has 0 saturated heterocycles. The third-order valence-corrected chi connectivity index (χ3v) is 3.09. The first-order valence-electron chi connectivity index (χ1n) is 6.52. The summed E-state index contributed by atoms with van der Waals surface area (Å²) in [4.78, 5) is 12.8. The number of nitrogens with zero attached hydrogens (tertiary/aromatic N) is 4. The summed E-state index contributed by atoms with van der Waals surface area (Å²) in [7, 11) is 2.02. The molecule has 0 aromatic heterocycles. The Hall–Kier alpha value is -1.62. The number of hydrogen-bond donors (Lipinski definition) is 1. The fourth-order valence-electron chi connectivity index (χ4n) is 2.13. The van der Waals surface area contributed by atoms with Crippen molar-refractivity contribution in [3.63, 3.8) is 0 Å². The second-order valence-electron chi connectivity index (χ2n) is 4.51. The van der Waals surface area contributed by atoms with Gasteiger partial charge in [0.25, 0.3) is 0 Å². The first-order chi connectivity index (χ1) is 8.83. The van der Waals surface area contributed by atoms with Crippen molar-refractivity contribution in [2.24, 2.45) is 15.7 Å². The predicted molar refractivity (Wildman–Crippen MR) is 75.1 cm³/mol. The van der Waals surface area contributed by atoms with Crippen LogP contribution in [0.1, 0.15) is 25.7 Å². The minimum absolute atomic E-state index is 0.796. The van der Waals surface area contributed by atoms with Crippen molar-refractivity contribution in [3.8, 4) is 0 Å². The summed E-state index contributed by atoms with van der Waals surface area (Å²) >= 11 is 0. The highest BCUT2D eigenvalue weighted by molar-refractivity contribution is 6.18. The molecule has 0 fully saturated rings. The first kappa shape index (κ1) is 12.8. The van der Waals surface area contributed by atoms with Crippen molar-refractivity contribution in [2.45, 2.75) is 25.7 Å². The fraction of sp³-hybridized carbons (Fsp3) is 0.538. The van der Waals surface area contributed by atoms with Crippen molar-refractivity contribution in [1.82, 2.24) is 9.80 Å². The predicted octanol–water partition coefficient (Wildman–Crippen LogP) is 1.51. The Bertz CT molecular complexity index is 380. The molecule has 5 nitrogen and oxygen atoms in total. The molecule has 0 aliphatic carbocycles. The Balaban J connectivity index is 1.88. The summed E-state index contributed by atoms with van der Waals surface area (Å²) in [5, 5.41) is 0. The van der Waals surface area contributed by atoms with E-state index in [9.17, 15) is 0 Å². The van der Waals surface area contributed by atoms with Gasteiger partial charge in [0.2, 0.25) is 0 Å². The molecule has 0 spiro atoms. The molecule has 0 unspecified atom stereocenters. The van der Waals surface area contributed by atoms with Gasteiger partial charge in [-0.05, 0) is 19.4 Å². The van der Waals surface area contributed by atoms with E-state index in [0.717, 1.165) is 31.2 Å². The van der Waals surface area contributed by atoms with Crippen LogP contribution >= 0.6 is 0 Å². The number of rotatable bonds is 6. The van der Waals surface area contributed by atoms with Gasteiger partial charge in [-0.15, -0.1) is 0 Å². The number of unbranched alkanes of at least 4 members (excludes halogenated alkanes) is 3. The minimum atomic E-state index is 0.796. The molecular weight excluding hydrogens is 226 g/mol. The maximum atomic E-state index is 5.49. The molecule has 0 amide bonds. The minimum Gasteiger partial charge on any atom is -0.333 e. The van der Waals surface area contributed by atoms with Crippen LogP contribution in [0.4, 0.5) is 0 Å². The molecule has 18 heavy (non-hydrogen) atoms. The summed E-state index contributed by atoms with van der Waals surface area (Å²) in [6.45, 7) is 1.81. The molecule has 0 atom stereocenters. The maximum Gasteiger partial charge on any atom is 0.194 e. The third kappa shape index (κ3) is 2.98. The highest BCUT2D eigenvalue weighted by atomic mass is 15.4. The SMILES string of the molecule is CN1C=CN(CCCCCCN)C1=C1N=CC=N1. The van der Waals surface area contributed by atoms with E-state index in [-0.39, 0.29) is 0 Å². The second-order valence-corrected chi connectivity index (χ2v) is 4.51. The van der Waals surface area contributed by atoms with Gasteiger partial charge in [-0.3, -0.25) is 0 Å². The van der Waals surface area contributed by atoms with Crippen LogP contribution in [0.5, 0.6) is 0 Å². The lowest BCUT2D eigenvalue weighted by Crippen LogP contribution is -2.22. The van der Waals surface area contributed by atoms with Crippen LogP contribution < -0.4 is 5.73 Å². The molecule has 0 aromatic carbocycles. The highest BCUT2D eigenvalue weighted by Gasteiger charge is 2.21. The molecular formula is C13H21N5. The molecule has 2 aliphatic heterocycles. The summed E-state index contributed by atoms with van der Waals surface area (Å²) in [6.07, 6.45) is 12.3. The first-order valence-corrected chi connectivity index (χ1v) is 6.52. The average Bonchev–Trinajstić information content (AvgIpc) is 2.98.